The molecule has 2 aromatic rings. The van der Waals surface area contributed by atoms with Crippen molar-refractivity contribution in [1.29, 1.82) is 0 Å². The zero-order valence-corrected chi connectivity index (χ0v) is 14.0. The highest BCUT2D eigenvalue weighted by molar-refractivity contribution is 9.10. The van der Waals surface area contributed by atoms with Crippen LogP contribution in [-0.4, -0.2) is 0 Å². The molecule has 0 amide bonds. The first-order valence-corrected chi connectivity index (χ1v) is 7.64. The SMILES string of the molecule is FC(F)(F)c1cc(C(Cl)c2ccc(Cl)c(Cl)c2)ccc1Br. The van der Waals surface area contributed by atoms with Crippen molar-refractivity contribution in [3.05, 3.63) is 67.6 Å². The minimum atomic E-state index is -4.46. The minimum absolute atomic E-state index is 0.0308. The maximum atomic E-state index is 12.9. The Hall–Kier alpha value is -0.420. The predicted molar refractivity (Wildman–Crippen MR) is 83.3 cm³/mol. The molecule has 0 saturated carbocycles. The molecule has 1 atom stereocenters. The average Bonchev–Trinajstić information content (AvgIpc) is 2.40. The van der Waals surface area contributed by atoms with Crippen LogP contribution < -0.4 is 0 Å². The summed E-state index contributed by atoms with van der Waals surface area (Å²) in [6, 6.07) is 8.59. The molecular weight excluding hydrogens is 411 g/mol. The van der Waals surface area contributed by atoms with Crippen LogP contribution >= 0.6 is 50.7 Å². The van der Waals surface area contributed by atoms with Crippen LogP contribution in [0.2, 0.25) is 10.0 Å². The molecule has 0 N–H and O–H groups in total. The second kappa shape index (κ2) is 6.37. The van der Waals surface area contributed by atoms with E-state index < -0.39 is 17.1 Å². The van der Waals surface area contributed by atoms with E-state index in [-0.39, 0.29) is 4.47 Å². The lowest BCUT2D eigenvalue weighted by Crippen LogP contribution is -2.07. The number of hydrogen-bond donors (Lipinski definition) is 0. The van der Waals surface area contributed by atoms with E-state index in [9.17, 15) is 13.2 Å². The highest BCUT2D eigenvalue weighted by Gasteiger charge is 2.33. The molecule has 0 fully saturated rings. The van der Waals surface area contributed by atoms with Crippen molar-refractivity contribution in [2.45, 2.75) is 11.6 Å². The molecule has 0 nitrogen and oxygen atoms in total. The largest absolute Gasteiger partial charge is 0.417 e. The van der Waals surface area contributed by atoms with Gasteiger partial charge in [0, 0.05) is 4.47 Å². The number of halogens is 7. The zero-order chi connectivity index (χ0) is 15.8. The summed E-state index contributed by atoms with van der Waals surface area (Å²) in [5, 5.41) is -0.0991. The van der Waals surface area contributed by atoms with Crippen LogP contribution in [0.1, 0.15) is 22.1 Å². The van der Waals surface area contributed by atoms with Crippen LogP contribution in [0.25, 0.3) is 0 Å². The molecule has 112 valence electrons. The van der Waals surface area contributed by atoms with Gasteiger partial charge in [0.05, 0.1) is 21.0 Å². The molecular formula is C14H7BrCl3F3. The fourth-order valence-corrected chi connectivity index (χ4v) is 2.83. The van der Waals surface area contributed by atoms with Crippen LogP contribution in [0, 0.1) is 0 Å². The van der Waals surface area contributed by atoms with Gasteiger partial charge in [0.25, 0.3) is 0 Å². The minimum Gasteiger partial charge on any atom is -0.166 e. The molecule has 0 radical (unpaired) electrons. The second-order valence-electron chi connectivity index (χ2n) is 4.27. The van der Waals surface area contributed by atoms with Gasteiger partial charge in [0.15, 0.2) is 0 Å². The smallest absolute Gasteiger partial charge is 0.166 e. The van der Waals surface area contributed by atoms with Crippen LogP contribution in [0.3, 0.4) is 0 Å². The van der Waals surface area contributed by atoms with Gasteiger partial charge in [-0.25, -0.2) is 0 Å². The molecule has 2 rings (SSSR count). The number of hydrogen-bond acceptors (Lipinski definition) is 0. The lowest BCUT2D eigenvalue weighted by molar-refractivity contribution is -0.138. The molecule has 0 aliphatic heterocycles. The van der Waals surface area contributed by atoms with Gasteiger partial charge in [-0.1, -0.05) is 51.3 Å². The summed E-state index contributed by atoms with van der Waals surface area (Å²) >= 11 is 20.8. The molecule has 1 unspecified atom stereocenters. The lowest BCUT2D eigenvalue weighted by Gasteiger charge is -2.15. The third kappa shape index (κ3) is 3.86. The fraction of sp³-hybridized carbons (Fsp3) is 0.143. The normalized spacial score (nSPS) is 13.3. The monoisotopic (exact) mass is 416 g/mol. The highest BCUT2D eigenvalue weighted by atomic mass is 79.9. The molecule has 7 heteroatoms. The van der Waals surface area contributed by atoms with Gasteiger partial charge >= 0.3 is 6.18 Å². The summed E-state index contributed by atoms with van der Waals surface area (Å²) in [4.78, 5) is 0. The van der Waals surface area contributed by atoms with Crippen LogP contribution in [0.4, 0.5) is 13.2 Å². The number of rotatable bonds is 2. The maximum absolute atomic E-state index is 12.9. The molecule has 0 aliphatic rings. The molecule has 0 saturated heterocycles. The molecule has 0 bridgehead atoms. The Bertz CT molecular complexity index is 671. The Morgan fingerprint density at radius 3 is 2.05 bits per heavy atom. The Morgan fingerprint density at radius 1 is 0.905 bits per heavy atom. The molecule has 21 heavy (non-hydrogen) atoms. The Morgan fingerprint density at radius 2 is 1.48 bits per heavy atom. The van der Waals surface area contributed by atoms with Crippen molar-refractivity contribution in [2.75, 3.05) is 0 Å². The first-order valence-electron chi connectivity index (χ1n) is 5.66. The van der Waals surface area contributed by atoms with Gasteiger partial charge in [0.1, 0.15) is 0 Å². The van der Waals surface area contributed by atoms with Gasteiger partial charge in [-0.3, -0.25) is 0 Å². The van der Waals surface area contributed by atoms with Crippen molar-refractivity contribution in [3.63, 3.8) is 0 Å². The van der Waals surface area contributed by atoms with Gasteiger partial charge in [-0.2, -0.15) is 13.2 Å². The first-order chi connectivity index (χ1) is 9.70. The van der Waals surface area contributed by atoms with Crippen LogP contribution in [-0.2, 0) is 6.18 Å². The predicted octanol–water partition coefficient (Wildman–Crippen LogP) is 7.10. The lowest BCUT2D eigenvalue weighted by atomic mass is 10.0. The second-order valence-corrected chi connectivity index (χ2v) is 6.38. The molecule has 0 aromatic heterocycles. The molecule has 0 spiro atoms. The Labute approximate surface area is 142 Å². The Balaban J connectivity index is 2.44. The summed E-state index contributed by atoms with van der Waals surface area (Å²) in [5.41, 5.74) is 0.123. The quantitative estimate of drug-likeness (QED) is 0.456. The zero-order valence-electron chi connectivity index (χ0n) is 10.2. The average molecular weight is 418 g/mol. The van der Waals surface area contributed by atoms with E-state index in [1.165, 1.54) is 18.2 Å². The van der Waals surface area contributed by atoms with E-state index in [0.717, 1.165) is 6.07 Å². The van der Waals surface area contributed by atoms with E-state index in [0.29, 0.717) is 21.2 Å². The maximum Gasteiger partial charge on any atom is 0.417 e. The number of alkyl halides is 4. The first kappa shape index (κ1) is 16.9. The fourth-order valence-electron chi connectivity index (χ4n) is 1.78. The Kier molecular flexibility index (Phi) is 5.14. The molecule has 0 heterocycles. The highest BCUT2D eigenvalue weighted by Crippen LogP contribution is 2.39. The van der Waals surface area contributed by atoms with E-state index in [1.54, 1.807) is 12.1 Å². The van der Waals surface area contributed by atoms with E-state index in [1.807, 2.05) is 0 Å². The van der Waals surface area contributed by atoms with E-state index in [4.69, 9.17) is 34.8 Å². The van der Waals surface area contributed by atoms with Gasteiger partial charge in [-0.05, 0) is 35.4 Å². The molecule has 0 aliphatic carbocycles. The third-order valence-corrected chi connectivity index (χ3v) is 4.76. The summed E-state index contributed by atoms with van der Waals surface area (Å²) in [7, 11) is 0. The van der Waals surface area contributed by atoms with Crippen molar-refractivity contribution < 1.29 is 13.2 Å². The number of benzene rings is 2. The third-order valence-electron chi connectivity index (χ3n) is 2.82. The summed E-state index contributed by atoms with van der Waals surface area (Å²) in [6.45, 7) is 0. The van der Waals surface area contributed by atoms with Gasteiger partial charge in [-0.15, -0.1) is 11.6 Å². The van der Waals surface area contributed by atoms with Gasteiger partial charge in [0.2, 0.25) is 0 Å². The van der Waals surface area contributed by atoms with Crippen molar-refractivity contribution in [2.24, 2.45) is 0 Å². The van der Waals surface area contributed by atoms with E-state index >= 15 is 0 Å². The van der Waals surface area contributed by atoms with E-state index in [2.05, 4.69) is 15.9 Å². The van der Waals surface area contributed by atoms with Crippen LogP contribution in [0.5, 0.6) is 0 Å². The summed E-state index contributed by atoms with van der Waals surface area (Å²) < 4.78 is 38.7. The van der Waals surface area contributed by atoms with Gasteiger partial charge < -0.3 is 0 Å². The van der Waals surface area contributed by atoms with Crippen molar-refractivity contribution in [1.82, 2.24) is 0 Å². The van der Waals surface area contributed by atoms with Crippen molar-refractivity contribution in [3.8, 4) is 0 Å². The molecule has 2 aromatic carbocycles. The van der Waals surface area contributed by atoms with Crippen molar-refractivity contribution >= 4 is 50.7 Å². The topological polar surface area (TPSA) is 0 Å². The summed E-state index contributed by atoms with van der Waals surface area (Å²) in [6.07, 6.45) is -4.46. The van der Waals surface area contributed by atoms with Crippen LogP contribution in [0.15, 0.2) is 40.9 Å². The standard InChI is InChI=1S/C14H7BrCl3F3/c15-10-3-1-7(5-9(10)14(19,20)21)13(18)8-2-4-11(16)12(17)6-8/h1-6,13H. The summed E-state index contributed by atoms with van der Waals surface area (Å²) in [5.74, 6) is 0.